The third kappa shape index (κ3) is 3.56. The Balaban J connectivity index is 2.11. The van der Waals surface area contributed by atoms with E-state index in [1.807, 2.05) is 31.2 Å². The van der Waals surface area contributed by atoms with Crippen molar-refractivity contribution in [1.82, 2.24) is 0 Å². The molecule has 2 rings (SSSR count). The van der Waals surface area contributed by atoms with E-state index < -0.39 is 0 Å². The highest BCUT2D eigenvalue weighted by molar-refractivity contribution is 9.10. The van der Waals surface area contributed by atoms with Crippen LogP contribution in [-0.2, 0) is 6.54 Å². The number of nitrogens with one attached hydrogen (secondary N) is 1. The van der Waals surface area contributed by atoms with Crippen LogP contribution in [0.25, 0.3) is 0 Å². The van der Waals surface area contributed by atoms with E-state index in [-0.39, 0.29) is 5.82 Å². The molecule has 0 spiro atoms. The highest BCUT2D eigenvalue weighted by atomic mass is 79.9. The molecule has 0 saturated carbocycles. The van der Waals surface area contributed by atoms with Crippen LogP contribution in [0.1, 0.15) is 11.1 Å². The topological polar surface area (TPSA) is 12.0 Å². The van der Waals surface area contributed by atoms with Gasteiger partial charge in [-0.25, -0.2) is 4.39 Å². The molecule has 18 heavy (non-hydrogen) atoms. The lowest BCUT2D eigenvalue weighted by Crippen LogP contribution is -2.02. The molecule has 0 atom stereocenters. The predicted molar refractivity (Wildman–Crippen MR) is 80.3 cm³/mol. The van der Waals surface area contributed by atoms with Gasteiger partial charge in [-0.3, -0.25) is 0 Å². The van der Waals surface area contributed by atoms with Crippen molar-refractivity contribution >= 4 is 37.5 Å². The van der Waals surface area contributed by atoms with Gasteiger partial charge in [0.2, 0.25) is 0 Å². The van der Waals surface area contributed by atoms with E-state index >= 15 is 0 Å². The molecular formula is C14H12Br2FN. The van der Waals surface area contributed by atoms with E-state index in [1.165, 1.54) is 6.07 Å². The van der Waals surface area contributed by atoms with Gasteiger partial charge in [-0.2, -0.15) is 0 Å². The maximum atomic E-state index is 13.6. The average molecular weight is 373 g/mol. The summed E-state index contributed by atoms with van der Waals surface area (Å²) in [4.78, 5) is 0. The summed E-state index contributed by atoms with van der Waals surface area (Å²) in [6, 6.07) is 11.1. The molecule has 0 aliphatic carbocycles. The molecule has 0 aliphatic heterocycles. The van der Waals surface area contributed by atoms with Crippen molar-refractivity contribution < 1.29 is 4.39 Å². The van der Waals surface area contributed by atoms with Gasteiger partial charge in [-0.1, -0.05) is 37.9 Å². The van der Waals surface area contributed by atoms with Gasteiger partial charge in [0.25, 0.3) is 0 Å². The number of anilines is 1. The van der Waals surface area contributed by atoms with E-state index in [4.69, 9.17) is 0 Å². The van der Waals surface area contributed by atoms with E-state index in [1.54, 1.807) is 6.07 Å². The first-order chi connectivity index (χ1) is 8.54. The third-order valence-electron chi connectivity index (χ3n) is 2.54. The van der Waals surface area contributed by atoms with Crippen LogP contribution in [0.5, 0.6) is 0 Å². The summed E-state index contributed by atoms with van der Waals surface area (Å²) >= 11 is 6.69. The Hall–Kier alpha value is -0.870. The number of benzene rings is 2. The van der Waals surface area contributed by atoms with Crippen LogP contribution in [0.4, 0.5) is 10.1 Å². The summed E-state index contributed by atoms with van der Waals surface area (Å²) in [5.41, 5.74) is 2.78. The van der Waals surface area contributed by atoms with Crippen LogP contribution in [0.3, 0.4) is 0 Å². The molecule has 0 radical (unpaired) electrons. The second-order valence-electron chi connectivity index (χ2n) is 4.11. The van der Waals surface area contributed by atoms with Gasteiger partial charge in [-0.15, -0.1) is 0 Å². The fourth-order valence-electron chi connectivity index (χ4n) is 1.70. The van der Waals surface area contributed by atoms with Crippen molar-refractivity contribution in [1.29, 1.82) is 0 Å². The Morgan fingerprint density at radius 2 is 1.83 bits per heavy atom. The van der Waals surface area contributed by atoms with Crippen LogP contribution in [0, 0.1) is 12.7 Å². The molecule has 1 N–H and O–H groups in total. The zero-order chi connectivity index (χ0) is 13.1. The van der Waals surface area contributed by atoms with E-state index in [0.717, 1.165) is 20.2 Å². The molecule has 94 valence electrons. The van der Waals surface area contributed by atoms with E-state index in [2.05, 4.69) is 37.2 Å². The second-order valence-corrected chi connectivity index (χ2v) is 5.94. The molecule has 0 aliphatic rings. The maximum absolute atomic E-state index is 13.6. The third-order valence-corrected chi connectivity index (χ3v) is 3.49. The highest BCUT2D eigenvalue weighted by Crippen LogP contribution is 2.21. The molecule has 0 aromatic heterocycles. The Labute approximate surface area is 123 Å². The fraction of sp³-hybridized carbons (Fsp3) is 0.143. The molecule has 2 aromatic carbocycles. The summed E-state index contributed by atoms with van der Waals surface area (Å²) in [5, 5.41) is 3.22. The maximum Gasteiger partial charge on any atom is 0.129 e. The van der Waals surface area contributed by atoms with E-state index in [0.29, 0.717) is 12.1 Å². The monoisotopic (exact) mass is 371 g/mol. The molecule has 2 aromatic rings. The van der Waals surface area contributed by atoms with Crippen LogP contribution in [-0.4, -0.2) is 0 Å². The Morgan fingerprint density at radius 3 is 2.50 bits per heavy atom. The number of hydrogen-bond acceptors (Lipinski definition) is 1. The predicted octanol–water partition coefficient (Wildman–Crippen LogP) is 5.27. The lowest BCUT2D eigenvalue weighted by molar-refractivity contribution is 0.612. The van der Waals surface area contributed by atoms with Gasteiger partial charge in [0, 0.05) is 26.7 Å². The summed E-state index contributed by atoms with van der Waals surface area (Å²) in [6.07, 6.45) is 0. The van der Waals surface area contributed by atoms with Crippen molar-refractivity contribution in [2.24, 2.45) is 0 Å². The Morgan fingerprint density at radius 1 is 1.06 bits per heavy atom. The number of aryl methyl sites for hydroxylation is 1. The Bertz CT molecular complexity index is 549. The molecule has 0 bridgehead atoms. The van der Waals surface area contributed by atoms with Gasteiger partial charge in [-0.05, 0) is 42.8 Å². The molecular weight excluding hydrogens is 361 g/mol. The smallest absolute Gasteiger partial charge is 0.129 e. The van der Waals surface area contributed by atoms with Gasteiger partial charge in [0.1, 0.15) is 5.82 Å². The fourth-order valence-corrected chi connectivity index (χ4v) is 2.64. The molecule has 0 amide bonds. The van der Waals surface area contributed by atoms with Crippen molar-refractivity contribution in [2.75, 3.05) is 5.32 Å². The van der Waals surface area contributed by atoms with Gasteiger partial charge in [0.05, 0.1) is 0 Å². The normalized spacial score (nSPS) is 10.4. The quantitative estimate of drug-likeness (QED) is 0.773. The lowest BCUT2D eigenvalue weighted by atomic mass is 10.2. The largest absolute Gasteiger partial charge is 0.381 e. The number of rotatable bonds is 3. The first-order valence-corrected chi connectivity index (χ1v) is 7.08. The summed E-state index contributed by atoms with van der Waals surface area (Å²) in [7, 11) is 0. The van der Waals surface area contributed by atoms with Crippen molar-refractivity contribution in [3.63, 3.8) is 0 Å². The molecule has 0 fully saturated rings. The van der Waals surface area contributed by atoms with Crippen LogP contribution >= 0.6 is 31.9 Å². The SMILES string of the molecule is Cc1cc(Br)cc(NCc2ccc(Br)cc2F)c1. The van der Waals surface area contributed by atoms with Gasteiger partial charge >= 0.3 is 0 Å². The zero-order valence-electron chi connectivity index (χ0n) is 9.81. The van der Waals surface area contributed by atoms with Crippen molar-refractivity contribution in [3.8, 4) is 0 Å². The summed E-state index contributed by atoms with van der Waals surface area (Å²) < 4.78 is 15.4. The molecule has 4 heteroatoms. The minimum absolute atomic E-state index is 0.205. The molecule has 0 heterocycles. The van der Waals surface area contributed by atoms with E-state index in [9.17, 15) is 4.39 Å². The summed E-state index contributed by atoms with van der Waals surface area (Å²) in [5.74, 6) is -0.205. The van der Waals surface area contributed by atoms with Crippen LogP contribution < -0.4 is 5.32 Å². The summed E-state index contributed by atoms with van der Waals surface area (Å²) in [6.45, 7) is 2.49. The lowest BCUT2D eigenvalue weighted by Gasteiger charge is -2.09. The minimum atomic E-state index is -0.205. The zero-order valence-corrected chi connectivity index (χ0v) is 13.0. The minimum Gasteiger partial charge on any atom is -0.381 e. The number of halogens is 3. The molecule has 0 saturated heterocycles. The van der Waals surface area contributed by atoms with Crippen molar-refractivity contribution in [3.05, 3.63) is 62.3 Å². The van der Waals surface area contributed by atoms with Gasteiger partial charge in [0.15, 0.2) is 0 Å². The highest BCUT2D eigenvalue weighted by Gasteiger charge is 2.03. The van der Waals surface area contributed by atoms with Gasteiger partial charge < -0.3 is 5.32 Å². The second kappa shape index (κ2) is 5.85. The average Bonchev–Trinajstić information content (AvgIpc) is 2.26. The molecule has 1 nitrogen and oxygen atoms in total. The first kappa shape index (κ1) is 13.6. The standard InChI is InChI=1S/C14H12Br2FN/c1-9-4-12(16)6-13(5-9)18-8-10-2-3-11(15)7-14(10)17/h2-7,18H,8H2,1H3. The number of hydrogen-bond donors (Lipinski definition) is 1. The molecule has 0 unspecified atom stereocenters. The Kier molecular flexibility index (Phi) is 4.40. The van der Waals surface area contributed by atoms with Crippen LogP contribution in [0.2, 0.25) is 0 Å². The van der Waals surface area contributed by atoms with Crippen molar-refractivity contribution in [2.45, 2.75) is 13.5 Å². The first-order valence-electron chi connectivity index (χ1n) is 5.49. The van der Waals surface area contributed by atoms with Crippen LogP contribution in [0.15, 0.2) is 45.3 Å².